The van der Waals surface area contributed by atoms with Gasteiger partial charge in [-0.1, -0.05) is 18.2 Å². The number of hydrogen-bond donors (Lipinski definition) is 2. The minimum atomic E-state index is -1.48. The van der Waals surface area contributed by atoms with E-state index in [-0.39, 0.29) is 12.2 Å². The zero-order valence-electron chi connectivity index (χ0n) is 9.28. The highest BCUT2D eigenvalue weighted by Crippen LogP contribution is 2.26. The van der Waals surface area contributed by atoms with Gasteiger partial charge in [0, 0.05) is 12.2 Å². The molecule has 4 nitrogen and oxygen atoms in total. The summed E-state index contributed by atoms with van der Waals surface area (Å²) in [5.41, 5.74) is -1.36. The van der Waals surface area contributed by atoms with E-state index < -0.39 is 17.3 Å². The summed E-state index contributed by atoms with van der Waals surface area (Å²) >= 11 is 0. The molecular formula is C12H14FNO3. The highest BCUT2D eigenvalue weighted by molar-refractivity contribution is 5.81. The van der Waals surface area contributed by atoms with Crippen LogP contribution in [0.4, 0.5) is 4.39 Å². The largest absolute Gasteiger partial charge is 0.480 e. The lowest BCUT2D eigenvalue weighted by Gasteiger charge is -2.29. The number of aliphatic carboxylic acids is 1. The zero-order chi connectivity index (χ0) is 12.3. The van der Waals surface area contributed by atoms with E-state index in [0.29, 0.717) is 19.6 Å². The van der Waals surface area contributed by atoms with Crippen LogP contribution in [-0.4, -0.2) is 30.8 Å². The maximum Gasteiger partial charge on any atom is 0.331 e. The minimum Gasteiger partial charge on any atom is -0.480 e. The molecule has 17 heavy (non-hydrogen) atoms. The van der Waals surface area contributed by atoms with E-state index in [1.54, 1.807) is 6.07 Å². The number of hydrogen-bond acceptors (Lipinski definition) is 3. The van der Waals surface area contributed by atoms with Gasteiger partial charge in [0.05, 0.1) is 6.61 Å². The number of carbonyl (C=O) groups is 1. The molecular weight excluding hydrogens is 225 g/mol. The molecule has 0 bridgehead atoms. The van der Waals surface area contributed by atoms with Gasteiger partial charge in [0.15, 0.2) is 5.54 Å². The van der Waals surface area contributed by atoms with Crippen molar-refractivity contribution in [3.05, 3.63) is 35.6 Å². The van der Waals surface area contributed by atoms with Crippen LogP contribution in [0.2, 0.25) is 0 Å². The summed E-state index contributed by atoms with van der Waals surface area (Å²) in [5.74, 6) is -1.66. The Kier molecular flexibility index (Phi) is 3.40. The van der Waals surface area contributed by atoms with Crippen molar-refractivity contribution in [2.45, 2.75) is 12.0 Å². The summed E-state index contributed by atoms with van der Waals surface area (Å²) in [6.45, 7) is 0.903. The number of benzene rings is 1. The first-order valence-electron chi connectivity index (χ1n) is 5.48. The molecule has 0 radical (unpaired) electrons. The van der Waals surface area contributed by atoms with Gasteiger partial charge in [-0.25, -0.2) is 9.18 Å². The molecule has 1 aliphatic heterocycles. The van der Waals surface area contributed by atoms with Crippen LogP contribution in [0, 0.1) is 5.82 Å². The molecule has 1 saturated heterocycles. The maximum atomic E-state index is 13.8. The number of nitrogens with one attached hydrogen (secondary N) is 1. The molecule has 1 heterocycles. The highest BCUT2D eigenvalue weighted by atomic mass is 19.1. The van der Waals surface area contributed by atoms with Gasteiger partial charge >= 0.3 is 5.97 Å². The van der Waals surface area contributed by atoms with Crippen molar-refractivity contribution in [2.24, 2.45) is 0 Å². The van der Waals surface area contributed by atoms with E-state index in [1.165, 1.54) is 18.2 Å². The normalized spacial score (nSPS) is 25.2. The summed E-state index contributed by atoms with van der Waals surface area (Å²) in [5, 5.41) is 12.3. The zero-order valence-corrected chi connectivity index (χ0v) is 9.28. The fourth-order valence-corrected chi connectivity index (χ4v) is 1.99. The number of carboxylic acid groups (broad SMARTS) is 1. The third kappa shape index (κ3) is 2.16. The number of carboxylic acids is 1. The predicted octanol–water partition coefficient (Wildman–Crippen LogP) is 1.12. The van der Waals surface area contributed by atoms with Crippen molar-refractivity contribution < 1.29 is 19.0 Å². The quantitative estimate of drug-likeness (QED) is 0.811. The summed E-state index contributed by atoms with van der Waals surface area (Å²) in [6, 6.07) is 5.89. The molecule has 1 atom stereocenters. The van der Waals surface area contributed by atoms with Crippen molar-refractivity contribution in [1.29, 1.82) is 0 Å². The molecule has 1 fully saturated rings. The van der Waals surface area contributed by atoms with Gasteiger partial charge in [-0.3, -0.25) is 5.32 Å². The molecule has 2 N–H and O–H groups in total. The van der Waals surface area contributed by atoms with Gasteiger partial charge in [-0.2, -0.15) is 0 Å². The van der Waals surface area contributed by atoms with Crippen molar-refractivity contribution >= 4 is 5.97 Å². The van der Waals surface area contributed by atoms with Gasteiger partial charge in [0.25, 0.3) is 0 Å². The lowest BCUT2D eigenvalue weighted by atomic mass is 9.90. The van der Waals surface area contributed by atoms with Crippen LogP contribution in [0.15, 0.2) is 24.3 Å². The standard InChI is InChI=1S/C12H14FNO3/c13-10-5-2-1-4-9(10)12(11(15)16)8-17-7-3-6-14-12/h1-2,4-5,14H,3,6-8H2,(H,15,16). The van der Waals surface area contributed by atoms with Gasteiger partial charge in [0.2, 0.25) is 0 Å². The van der Waals surface area contributed by atoms with Crippen LogP contribution in [-0.2, 0) is 15.1 Å². The van der Waals surface area contributed by atoms with Crippen molar-refractivity contribution in [3.63, 3.8) is 0 Å². The van der Waals surface area contributed by atoms with Crippen molar-refractivity contribution in [2.75, 3.05) is 19.8 Å². The van der Waals surface area contributed by atoms with E-state index >= 15 is 0 Å². The first-order chi connectivity index (χ1) is 8.17. The number of ether oxygens (including phenoxy) is 1. The molecule has 0 aromatic heterocycles. The van der Waals surface area contributed by atoms with Crippen LogP contribution in [0.25, 0.3) is 0 Å². The molecule has 1 aliphatic rings. The fraction of sp³-hybridized carbons (Fsp3) is 0.417. The van der Waals surface area contributed by atoms with E-state index in [0.717, 1.165) is 0 Å². The first kappa shape index (κ1) is 12.0. The summed E-state index contributed by atoms with van der Waals surface area (Å²) in [7, 11) is 0. The van der Waals surface area contributed by atoms with E-state index in [2.05, 4.69) is 5.32 Å². The van der Waals surface area contributed by atoms with Gasteiger partial charge in [-0.15, -0.1) is 0 Å². The van der Waals surface area contributed by atoms with Gasteiger partial charge < -0.3 is 9.84 Å². The second-order valence-electron chi connectivity index (χ2n) is 4.02. The third-order valence-corrected chi connectivity index (χ3v) is 2.91. The molecule has 1 unspecified atom stereocenters. The molecule has 5 heteroatoms. The molecule has 0 spiro atoms. The Morgan fingerprint density at radius 3 is 2.94 bits per heavy atom. The molecule has 0 aliphatic carbocycles. The van der Waals surface area contributed by atoms with Gasteiger partial charge in [0.1, 0.15) is 5.82 Å². The SMILES string of the molecule is O=C(O)C1(c2ccccc2F)COCCCN1. The lowest BCUT2D eigenvalue weighted by molar-refractivity contribution is -0.147. The molecule has 1 aromatic carbocycles. The van der Waals surface area contributed by atoms with Crippen LogP contribution in [0.1, 0.15) is 12.0 Å². The topological polar surface area (TPSA) is 58.6 Å². The molecule has 0 saturated carbocycles. The van der Waals surface area contributed by atoms with Crippen molar-refractivity contribution in [3.8, 4) is 0 Å². The Morgan fingerprint density at radius 2 is 2.24 bits per heavy atom. The molecule has 1 aromatic rings. The highest BCUT2D eigenvalue weighted by Gasteiger charge is 2.43. The first-order valence-corrected chi connectivity index (χ1v) is 5.48. The maximum absolute atomic E-state index is 13.8. The third-order valence-electron chi connectivity index (χ3n) is 2.91. The van der Waals surface area contributed by atoms with Crippen molar-refractivity contribution in [1.82, 2.24) is 5.32 Å². The number of halogens is 1. The Hall–Kier alpha value is -1.46. The van der Waals surface area contributed by atoms with Gasteiger partial charge in [-0.05, 0) is 19.0 Å². The van der Waals surface area contributed by atoms with Crippen LogP contribution in [0.3, 0.4) is 0 Å². The summed E-state index contributed by atoms with van der Waals surface area (Å²) in [4.78, 5) is 11.5. The van der Waals surface area contributed by atoms with Crippen LogP contribution in [0.5, 0.6) is 0 Å². The second kappa shape index (κ2) is 4.81. The minimum absolute atomic E-state index is 0.0662. The Morgan fingerprint density at radius 1 is 1.47 bits per heavy atom. The molecule has 2 rings (SSSR count). The smallest absolute Gasteiger partial charge is 0.331 e. The lowest BCUT2D eigenvalue weighted by Crippen LogP contribution is -2.52. The van der Waals surface area contributed by atoms with E-state index in [1.807, 2.05) is 0 Å². The second-order valence-corrected chi connectivity index (χ2v) is 4.02. The Bertz CT molecular complexity index is 414. The average Bonchev–Trinajstić information content (AvgIpc) is 2.56. The molecule has 0 amide bonds. The van der Waals surface area contributed by atoms with Crippen LogP contribution >= 0.6 is 0 Å². The monoisotopic (exact) mass is 239 g/mol. The van der Waals surface area contributed by atoms with E-state index in [9.17, 15) is 14.3 Å². The fourth-order valence-electron chi connectivity index (χ4n) is 1.99. The molecule has 92 valence electrons. The predicted molar refractivity (Wildman–Crippen MR) is 59.2 cm³/mol. The van der Waals surface area contributed by atoms with Crippen LogP contribution < -0.4 is 5.32 Å². The Labute approximate surface area is 98.4 Å². The van der Waals surface area contributed by atoms with E-state index in [4.69, 9.17) is 4.74 Å². The number of rotatable bonds is 2. The summed E-state index contributed by atoms with van der Waals surface area (Å²) < 4.78 is 19.0. The average molecular weight is 239 g/mol. The summed E-state index contributed by atoms with van der Waals surface area (Å²) in [6.07, 6.45) is 0.712. The Balaban J connectivity index is 2.46.